The Labute approximate surface area is 137 Å². The summed E-state index contributed by atoms with van der Waals surface area (Å²) in [5.41, 5.74) is 1.37. The number of hydrogen-bond donors (Lipinski definition) is 0. The van der Waals surface area contributed by atoms with Crippen LogP contribution in [0.1, 0.15) is 19.8 Å². The van der Waals surface area contributed by atoms with Crippen molar-refractivity contribution in [1.82, 2.24) is 9.80 Å². The molecule has 1 fully saturated rings. The molecule has 0 saturated carbocycles. The van der Waals surface area contributed by atoms with E-state index in [0.29, 0.717) is 11.1 Å². The minimum absolute atomic E-state index is 0.166. The second-order valence-electron chi connectivity index (χ2n) is 6.20. The normalized spacial score (nSPS) is 29.8. The van der Waals surface area contributed by atoms with E-state index in [1.54, 1.807) is 13.3 Å². The SMILES string of the molecule is COC1=CN=C(Cl)C(N2CCN(C3=CCC(C)C=C3)CC2)C1. The number of ether oxygens (including phenoxy) is 1. The lowest BCUT2D eigenvalue weighted by Crippen LogP contribution is -2.52. The van der Waals surface area contributed by atoms with Crippen LogP contribution in [0.3, 0.4) is 0 Å². The predicted molar refractivity (Wildman–Crippen MR) is 90.9 cm³/mol. The second-order valence-corrected chi connectivity index (χ2v) is 6.58. The molecule has 22 heavy (non-hydrogen) atoms. The highest BCUT2D eigenvalue weighted by molar-refractivity contribution is 6.66. The monoisotopic (exact) mass is 321 g/mol. The quantitative estimate of drug-likeness (QED) is 0.800. The zero-order chi connectivity index (χ0) is 15.5. The van der Waals surface area contributed by atoms with Gasteiger partial charge in [0.25, 0.3) is 0 Å². The molecule has 2 atom stereocenters. The molecule has 0 bridgehead atoms. The van der Waals surface area contributed by atoms with E-state index in [1.165, 1.54) is 5.70 Å². The number of aliphatic imine (C=N–C) groups is 1. The van der Waals surface area contributed by atoms with Crippen molar-refractivity contribution in [3.05, 3.63) is 35.9 Å². The molecule has 0 aromatic rings. The zero-order valence-electron chi connectivity index (χ0n) is 13.3. The van der Waals surface area contributed by atoms with Gasteiger partial charge >= 0.3 is 0 Å². The highest BCUT2D eigenvalue weighted by Gasteiger charge is 2.30. The number of methoxy groups -OCH3 is 1. The number of rotatable bonds is 3. The number of allylic oxidation sites excluding steroid dienone is 3. The fraction of sp³-hybridized carbons (Fsp3) is 0.588. The van der Waals surface area contributed by atoms with E-state index in [4.69, 9.17) is 16.3 Å². The van der Waals surface area contributed by atoms with Gasteiger partial charge in [-0.1, -0.05) is 30.7 Å². The molecule has 0 spiro atoms. The Hall–Kier alpha value is -1.26. The van der Waals surface area contributed by atoms with Gasteiger partial charge in [-0.25, -0.2) is 4.99 Å². The molecule has 3 rings (SSSR count). The summed E-state index contributed by atoms with van der Waals surface area (Å²) in [6, 6.07) is 0.166. The van der Waals surface area contributed by atoms with Crippen molar-refractivity contribution in [2.75, 3.05) is 33.3 Å². The molecule has 2 aliphatic heterocycles. The summed E-state index contributed by atoms with van der Waals surface area (Å²) in [4.78, 5) is 9.17. The molecule has 5 heteroatoms. The lowest BCUT2D eigenvalue weighted by Gasteiger charge is -2.41. The van der Waals surface area contributed by atoms with Gasteiger partial charge in [0.05, 0.1) is 19.4 Å². The molecular formula is C17H24ClN3O. The first-order valence-electron chi connectivity index (χ1n) is 8.01. The summed E-state index contributed by atoms with van der Waals surface area (Å²) in [6.07, 6.45) is 10.6. The Morgan fingerprint density at radius 1 is 1.27 bits per heavy atom. The Morgan fingerprint density at radius 2 is 2.05 bits per heavy atom. The maximum Gasteiger partial charge on any atom is 0.123 e. The van der Waals surface area contributed by atoms with Crippen LogP contribution in [0.2, 0.25) is 0 Å². The molecule has 1 saturated heterocycles. The van der Waals surface area contributed by atoms with Crippen LogP contribution in [0, 0.1) is 5.92 Å². The molecule has 3 aliphatic rings. The van der Waals surface area contributed by atoms with Crippen molar-refractivity contribution in [2.24, 2.45) is 10.9 Å². The van der Waals surface area contributed by atoms with E-state index in [-0.39, 0.29) is 6.04 Å². The first kappa shape index (κ1) is 15.6. The minimum Gasteiger partial charge on any atom is -0.499 e. The third kappa shape index (κ3) is 3.39. The zero-order valence-corrected chi connectivity index (χ0v) is 14.1. The molecule has 0 aromatic heterocycles. The Morgan fingerprint density at radius 3 is 2.68 bits per heavy atom. The standard InChI is InChI=1S/C17H24ClN3O/c1-13-3-5-14(6-4-13)20-7-9-21(10-8-20)16-11-15(22-2)12-19-17(16)18/h3,5-6,12-13,16H,4,7-11H2,1-2H3. The van der Waals surface area contributed by atoms with Crippen LogP contribution in [0.4, 0.5) is 0 Å². The summed E-state index contributed by atoms with van der Waals surface area (Å²) >= 11 is 6.31. The van der Waals surface area contributed by atoms with Crippen LogP contribution >= 0.6 is 11.6 Å². The molecule has 2 unspecified atom stereocenters. The lowest BCUT2D eigenvalue weighted by molar-refractivity contribution is 0.133. The van der Waals surface area contributed by atoms with Crippen LogP contribution in [-0.4, -0.2) is 54.3 Å². The second kappa shape index (κ2) is 6.88. The van der Waals surface area contributed by atoms with Gasteiger partial charge < -0.3 is 9.64 Å². The summed E-state index contributed by atoms with van der Waals surface area (Å²) in [7, 11) is 1.69. The highest BCUT2D eigenvalue weighted by atomic mass is 35.5. The molecule has 2 heterocycles. The van der Waals surface area contributed by atoms with E-state index < -0.39 is 0 Å². The largest absolute Gasteiger partial charge is 0.499 e. The van der Waals surface area contributed by atoms with Gasteiger partial charge in [-0.05, 0) is 18.4 Å². The average Bonchev–Trinajstić information content (AvgIpc) is 2.56. The van der Waals surface area contributed by atoms with Crippen molar-refractivity contribution >= 4 is 16.8 Å². The van der Waals surface area contributed by atoms with Crippen molar-refractivity contribution in [2.45, 2.75) is 25.8 Å². The first-order chi connectivity index (χ1) is 10.7. The summed E-state index contributed by atoms with van der Waals surface area (Å²) in [5, 5.41) is 0.680. The van der Waals surface area contributed by atoms with Gasteiger partial charge in [-0.3, -0.25) is 4.90 Å². The summed E-state index contributed by atoms with van der Waals surface area (Å²) < 4.78 is 5.33. The molecule has 1 aliphatic carbocycles. The molecule has 0 N–H and O–H groups in total. The van der Waals surface area contributed by atoms with Crippen molar-refractivity contribution < 1.29 is 4.74 Å². The van der Waals surface area contributed by atoms with Gasteiger partial charge in [0.1, 0.15) is 10.9 Å². The van der Waals surface area contributed by atoms with Crippen molar-refractivity contribution in [1.29, 1.82) is 0 Å². The van der Waals surface area contributed by atoms with Crippen molar-refractivity contribution in [3.8, 4) is 0 Å². The third-order valence-electron chi connectivity index (χ3n) is 4.68. The predicted octanol–water partition coefficient (Wildman–Crippen LogP) is 2.98. The molecule has 0 radical (unpaired) electrons. The van der Waals surface area contributed by atoms with Gasteiger partial charge in [0.2, 0.25) is 0 Å². The Balaban J connectivity index is 1.57. The fourth-order valence-electron chi connectivity index (χ4n) is 3.21. The van der Waals surface area contributed by atoms with E-state index >= 15 is 0 Å². The van der Waals surface area contributed by atoms with Gasteiger partial charge in [-0.15, -0.1) is 0 Å². The van der Waals surface area contributed by atoms with Crippen LogP contribution in [-0.2, 0) is 4.74 Å². The average molecular weight is 322 g/mol. The van der Waals surface area contributed by atoms with Gasteiger partial charge in [0.15, 0.2) is 0 Å². The van der Waals surface area contributed by atoms with E-state index in [0.717, 1.165) is 44.8 Å². The van der Waals surface area contributed by atoms with Crippen molar-refractivity contribution in [3.63, 3.8) is 0 Å². The van der Waals surface area contributed by atoms with Gasteiger partial charge in [0, 0.05) is 38.3 Å². The van der Waals surface area contributed by atoms with Crippen LogP contribution in [0.25, 0.3) is 0 Å². The Kier molecular flexibility index (Phi) is 4.89. The highest BCUT2D eigenvalue weighted by Crippen LogP contribution is 2.24. The molecule has 0 aromatic carbocycles. The van der Waals surface area contributed by atoms with Crippen LogP contribution in [0.15, 0.2) is 40.9 Å². The minimum atomic E-state index is 0.166. The number of nitrogens with zero attached hydrogens (tertiary/aromatic N) is 3. The lowest BCUT2D eigenvalue weighted by atomic mass is 10.0. The number of halogens is 1. The summed E-state index contributed by atoms with van der Waals surface area (Å²) in [6.45, 7) is 6.35. The maximum atomic E-state index is 6.31. The van der Waals surface area contributed by atoms with E-state index in [2.05, 4.69) is 39.9 Å². The van der Waals surface area contributed by atoms with E-state index in [9.17, 15) is 0 Å². The smallest absolute Gasteiger partial charge is 0.123 e. The maximum absolute atomic E-state index is 6.31. The number of piperazine rings is 1. The molecule has 4 nitrogen and oxygen atoms in total. The topological polar surface area (TPSA) is 28.1 Å². The molecular weight excluding hydrogens is 298 g/mol. The Bertz CT molecular complexity index is 530. The fourth-order valence-corrected chi connectivity index (χ4v) is 3.47. The number of hydrogen-bond acceptors (Lipinski definition) is 4. The van der Waals surface area contributed by atoms with Gasteiger partial charge in [-0.2, -0.15) is 0 Å². The van der Waals surface area contributed by atoms with Crippen LogP contribution < -0.4 is 0 Å². The molecule has 120 valence electrons. The van der Waals surface area contributed by atoms with Crippen LogP contribution in [0.5, 0.6) is 0 Å². The van der Waals surface area contributed by atoms with E-state index in [1.807, 2.05) is 0 Å². The molecule has 0 amide bonds. The summed E-state index contributed by atoms with van der Waals surface area (Å²) in [5.74, 6) is 1.57. The first-order valence-corrected chi connectivity index (χ1v) is 8.38. The third-order valence-corrected chi connectivity index (χ3v) is 5.03.